The highest BCUT2D eigenvalue weighted by Gasteiger charge is 2.06. The van der Waals surface area contributed by atoms with Crippen molar-refractivity contribution in [2.45, 2.75) is 13.2 Å². The number of rotatable bonds is 5. The lowest BCUT2D eigenvalue weighted by molar-refractivity contribution is 0.244. The molecule has 7 nitrogen and oxygen atoms in total. The van der Waals surface area contributed by atoms with Gasteiger partial charge in [0, 0.05) is 0 Å². The maximum atomic E-state index is 8.97. The minimum Gasteiger partial charge on any atom is -0.462 e. The maximum Gasteiger partial charge on any atom is 0.143 e. The van der Waals surface area contributed by atoms with Gasteiger partial charge in [0.2, 0.25) is 0 Å². The Morgan fingerprint density at radius 3 is 2.75 bits per heavy atom. The van der Waals surface area contributed by atoms with Crippen LogP contribution < -0.4 is 5.32 Å². The number of tetrazole rings is 1. The molecule has 0 aliphatic carbocycles. The molecule has 2 heterocycles. The molecule has 0 radical (unpaired) electrons. The van der Waals surface area contributed by atoms with E-state index in [9.17, 15) is 0 Å². The zero-order valence-corrected chi connectivity index (χ0v) is 10.6. The molecule has 2 N–H and O–H groups in total. The molecule has 0 spiro atoms. The number of hydrogen-bond acceptors (Lipinski definition) is 6. The Labute approximate surface area is 114 Å². The predicted molar refractivity (Wildman–Crippen MR) is 71.1 cm³/mol. The first-order chi connectivity index (χ1) is 9.86. The third-order valence-electron chi connectivity index (χ3n) is 2.83. The molecule has 3 rings (SSSR count). The topological polar surface area (TPSA) is 89.0 Å². The van der Waals surface area contributed by atoms with E-state index in [1.54, 1.807) is 10.7 Å². The van der Waals surface area contributed by atoms with Crippen molar-refractivity contribution in [2.75, 3.05) is 5.32 Å². The molecule has 0 bridgehead atoms. The fourth-order valence-electron chi connectivity index (χ4n) is 1.88. The van der Waals surface area contributed by atoms with E-state index in [1.165, 1.54) is 6.33 Å². The van der Waals surface area contributed by atoms with Crippen LogP contribution in [0.25, 0.3) is 5.69 Å². The minimum atomic E-state index is -0.0960. The molecule has 20 heavy (non-hydrogen) atoms. The van der Waals surface area contributed by atoms with Crippen molar-refractivity contribution in [2.24, 2.45) is 0 Å². The molecule has 0 aliphatic rings. The summed E-state index contributed by atoms with van der Waals surface area (Å²) in [5.74, 6) is 1.30. The van der Waals surface area contributed by atoms with Crippen LogP contribution in [-0.2, 0) is 13.2 Å². The highest BCUT2D eigenvalue weighted by Crippen LogP contribution is 2.19. The number of aliphatic hydroxyl groups is 1. The third-order valence-corrected chi connectivity index (χ3v) is 2.83. The normalized spacial score (nSPS) is 10.7. The summed E-state index contributed by atoms with van der Waals surface area (Å²) in [5.41, 5.74) is 1.74. The largest absolute Gasteiger partial charge is 0.462 e. The Morgan fingerprint density at radius 2 is 2.00 bits per heavy atom. The molecule has 7 heteroatoms. The monoisotopic (exact) mass is 271 g/mol. The fraction of sp³-hybridized carbons (Fsp3) is 0.154. The van der Waals surface area contributed by atoms with Crippen LogP contribution in [0.4, 0.5) is 5.69 Å². The number of nitrogens with zero attached hydrogens (tertiary/aromatic N) is 4. The Kier molecular flexibility index (Phi) is 3.42. The van der Waals surface area contributed by atoms with Gasteiger partial charge in [0.05, 0.1) is 17.9 Å². The van der Waals surface area contributed by atoms with Crippen LogP contribution in [0.15, 0.2) is 47.1 Å². The van der Waals surface area contributed by atoms with E-state index < -0.39 is 0 Å². The Hall–Kier alpha value is -2.67. The summed E-state index contributed by atoms with van der Waals surface area (Å²) in [7, 11) is 0. The van der Waals surface area contributed by atoms with Crippen LogP contribution >= 0.6 is 0 Å². The fourth-order valence-corrected chi connectivity index (χ4v) is 1.88. The molecule has 0 amide bonds. The number of anilines is 1. The number of benzene rings is 1. The van der Waals surface area contributed by atoms with E-state index in [2.05, 4.69) is 20.8 Å². The quantitative estimate of drug-likeness (QED) is 0.728. The van der Waals surface area contributed by atoms with Gasteiger partial charge in [-0.1, -0.05) is 12.1 Å². The van der Waals surface area contributed by atoms with Gasteiger partial charge < -0.3 is 14.8 Å². The summed E-state index contributed by atoms with van der Waals surface area (Å²) in [4.78, 5) is 0. The van der Waals surface area contributed by atoms with Crippen molar-refractivity contribution < 1.29 is 9.52 Å². The highest BCUT2D eigenvalue weighted by atomic mass is 16.4. The van der Waals surface area contributed by atoms with Gasteiger partial charge in [-0.25, -0.2) is 0 Å². The standard InChI is InChI=1S/C13H13N5O2/c19-8-11-6-5-10(20-11)7-14-12-3-1-2-4-13(12)18-9-15-16-17-18/h1-6,9,14,19H,7-8H2. The Morgan fingerprint density at radius 1 is 1.15 bits per heavy atom. The number of aliphatic hydroxyl groups excluding tert-OH is 1. The molecule has 2 aromatic heterocycles. The lowest BCUT2D eigenvalue weighted by atomic mass is 10.2. The van der Waals surface area contributed by atoms with Gasteiger partial charge >= 0.3 is 0 Å². The molecule has 0 aliphatic heterocycles. The molecule has 102 valence electrons. The van der Waals surface area contributed by atoms with E-state index >= 15 is 0 Å². The predicted octanol–water partition coefficient (Wildman–Crippen LogP) is 1.36. The van der Waals surface area contributed by atoms with Crippen LogP contribution in [0.1, 0.15) is 11.5 Å². The van der Waals surface area contributed by atoms with Crippen molar-refractivity contribution in [3.63, 3.8) is 0 Å². The first-order valence-electron chi connectivity index (χ1n) is 6.11. The molecule has 1 aromatic carbocycles. The second-order valence-electron chi connectivity index (χ2n) is 4.15. The van der Waals surface area contributed by atoms with Gasteiger partial charge in [-0.2, -0.15) is 4.68 Å². The van der Waals surface area contributed by atoms with E-state index in [4.69, 9.17) is 9.52 Å². The van der Waals surface area contributed by atoms with Crippen LogP contribution in [0, 0.1) is 0 Å². The summed E-state index contributed by atoms with van der Waals surface area (Å²) >= 11 is 0. The number of aromatic nitrogens is 4. The molecule has 0 atom stereocenters. The summed E-state index contributed by atoms with van der Waals surface area (Å²) in [5, 5.41) is 23.4. The van der Waals surface area contributed by atoms with Crippen molar-refractivity contribution >= 4 is 5.69 Å². The van der Waals surface area contributed by atoms with E-state index in [0.29, 0.717) is 12.3 Å². The smallest absolute Gasteiger partial charge is 0.143 e. The molecule has 3 aromatic rings. The van der Waals surface area contributed by atoms with E-state index in [1.807, 2.05) is 30.3 Å². The van der Waals surface area contributed by atoms with Crippen molar-refractivity contribution in [1.29, 1.82) is 0 Å². The number of furan rings is 1. The first kappa shape index (κ1) is 12.4. The SMILES string of the molecule is OCc1ccc(CNc2ccccc2-n2cnnn2)o1. The molecule has 0 saturated heterocycles. The van der Waals surface area contributed by atoms with Crippen LogP contribution in [0.3, 0.4) is 0 Å². The summed E-state index contributed by atoms with van der Waals surface area (Å²) in [6.07, 6.45) is 1.54. The van der Waals surface area contributed by atoms with Gasteiger partial charge in [0.25, 0.3) is 0 Å². The molecule has 0 unspecified atom stereocenters. The van der Waals surface area contributed by atoms with Gasteiger partial charge in [-0.3, -0.25) is 0 Å². The number of hydrogen-bond donors (Lipinski definition) is 2. The third kappa shape index (κ3) is 2.52. The van der Waals surface area contributed by atoms with Crippen molar-refractivity contribution in [3.8, 4) is 5.69 Å². The second-order valence-corrected chi connectivity index (χ2v) is 4.15. The van der Waals surface area contributed by atoms with E-state index in [-0.39, 0.29) is 6.61 Å². The lowest BCUT2D eigenvalue weighted by Gasteiger charge is -2.09. The van der Waals surface area contributed by atoms with Crippen LogP contribution in [0.2, 0.25) is 0 Å². The maximum absolute atomic E-state index is 8.97. The average Bonchev–Trinajstić information content (AvgIpc) is 3.17. The van der Waals surface area contributed by atoms with Crippen molar-refractivity contribution in [1.82, 2.24) is 20.2 Å². The highest BCUT2D eigenvalue weighted by molar-refractivity contribution is 5.60. The molecular formula is C13H13N5O2. The van der Waals surface area contributed by atoms with Crippen LogP contribution in [-0.4, -0.2) is 25.3 Å². The zero-order chi connectivity index (χ0) is 13.8. The lowest BCUT2D eigenvalue weighted by Crippen LogP contribution is -2.04. The first-order valence-corrected chi connectivity index (χ1v) is 6.11. The zero-order valence-electron chi connectivity index (χ0n) is 10.6. The van der Waals surface area contributed by atoms with Crippen LogP contribution in [0.5, 0.6) is 0 Å². The second kappa shape index (κ2) is 5.54. The molecule has 0 fully saturated rings. The Balaban J connectivity index is 1.77. The van der Waals surface area contributed by atoms with Gasteiger partial charge in [-0.05, 0) is 34.7 Å². The summed E-state index contributed by atoms with van der Waals surface area (Å²) in [6, 6.07) is 11.3. The number of para-hydroxylation sites is 2. The number of nitrogens with one attached hydrogen (secondary N) is 1. The van der Waals surface area contributed by atoms with Gasteiger partial charge in [0.1, 0.15) is 24.5 Å². The average molecular weight is 271 g/mol. The molecule has 0 saturated carbocycles. The van der Waals surface area contributed by atoms with Gasteiger partial charge in [0.15, 0.2) is 0 Å². The summed E-state index contributed by atoms with van der Waals surface area (Å²) < 4.78 is 7.01. The van der Waals surface area contributed by atoms with E-state index in [0.717, 1.165) is 17.1 Å². The molecular weight excluding hydrogens is 258 g/mol. The minimum absolute atomic E-state index is 0.0960. The summed E-state index contributed by atoms with van der Waals surface area (Å²) in [6.45, 7) is 0.417. The van der Waals surface area contributed by atoms with Crippen molar-refractivity contribution in [3.05, 3.63) is 54.2 Å². The van der Waals surface area contributed by atoms with Gasteiger partial charge in [-0.15, -0.1) is 5.10 Å². The Bertz CT molecular complexity index is 678.